The van der Waals surface area contributed by atoms with Crippen molar-refractivity contribution in [1.82, 2.24) is 20.1 Å². The Morgan fingerprint density at radius 3 is 2.42 bits per heavy atom. The number of nitrogens with one attached hydrogen (secondary N) is 1. The van der Waals surface area contributed by atoms with E-state index in [9.17, 15) is 14.7 Å². The molecule has 1 amide bonds. The van der Waals surface area contributed by atoms with Crippen LogP contribution >= 0.6 is 0 Å². The molecule has 6 rings (SSSR count). The topological polar surface area (TPSA) is 142 Å². The number of carboxylic acid groups (broad SMARTS) is 1. The summed E-state index contributed by atoms with van der Waals surface area (Å²) in [7, 11) is 0. The van der Waals surface area contributed by atoms with Gasteiger partial charge in [-0.15, -0.1) is 0 Å². The number of fused-ring (bicyclic) bond motifs is 3. The summed E-state index contributed by atoms with van der Waals surface area (Å²) in [5.74, 6) is 0.256. The summed E-state index contributed by atoms with van der Waals surface area (Å²) in [6.45, 7) is 28.0. The van der Waals surface area contributed by atoms with E-state index in [0.717, 1.165) is 38.5 Å². The van der Waals surface area contributed by atoms with E-state index in [4.69, 9.17) is 20.3 Å². The summed E-state index contributed by atoms with van der Waals surface area (Å²) < 4.78 is 15.9. The lowest BCUT2D eigenvalue weighted by Crippen LogP contribution is -2.70. The fraction of sp³-hybridized carbons (Fsp3) is 0.860. The monoisotopic (exact) mass is 738 g/mol. The second-order valence-corrected chi connectivity index (χ2v) is 20.4. The van der Waals surface area contributed by atoms with Gasteiger partial charge in [0.25, 0.3) is 5.91 Å². The van der Waals surface area contributed by atoms with Crippen molar-refractivity contribution in [3.05, 3.63) is 23.8 Å². The van der Waals surface area contributed by atoms with Crippen LogP contribution in [0.5, 0.6) is 0 Å². The molecule has 1 saturated heterocycles. The summed E-state index contributed by atoms with van der Waals surface area (Å²) in [6.07, 6.45) is 9.72. The highest BCUT2D eigenvalue weighted by molar-refractivity contribution is 5.90. The number of amides is 1. The van der Waals surface area contributed by atoms with Crippen molar-refractivity contribution in [2.75, 3.05) is 19.8 Å². The lowest BCUT2D eigenvalue weighted by molar-refractivity contribution is -0.254. The van der Waals surface area contributed by atoms with E-state index in [1.165, 1.54) is 11.9 Å². The third-order valence-electron chi connectivity index (χ3n) is 17.0. The van der Waals surface area contributed by atoms with Gasteiger partial charge in [-0.2, -0.15) is 5.10 Å². The Kier molecular flexibility index (Phi) is 10.4. The Morgan fingerprint density at radius 2 is 1.79 bits per heavy atom. The first-order valence-electron chi connectivity index (χ1n) is 20.8. The Labute approximate surface area is 319 Å². The van der Waals surface area contributed by atoms with Gasteiger partial charge in [0, 0.05) is 17.0 Å². The zero-order chi connectivity index (χ0) is 39.1. The molecule has 1 aromatic heterocycles. The van der Waals surface area contributed by atoms with E-state index in [1.807, 2.05) is 11.6 Å². The molecule has 5 aliphatic rings. The number of carboxylic acids is 1. The van der Waals surface area contributed by atoms with Gasteiger partial charge in [-0.1, -0.05) is 80.9 Å². The molecule has 1 aliphatic heterocycles. The molecular weight excluding hydrogens is 667 g/mol. The van der Waals surface area contributed by atoms with E-state index < -0.39 is 28.3 Å². The second-order valence-electron chi connectivity index (χ2n) is 20.4. The number of nitrogens with zero attached hydrogens (tertiary/aromatic N) is 3. The van der Waals surface area contributed by atoms with Gasteiger partial charge in [0.2, 0.25) is 5.82 Å². The van der Waals surface area contributed by atoms with E-state index in [2.05, 4.69) is 92.5 Å². The molecule has 13 atom stereocenters. The highest BCUT2D eigenvalue weighted by Gasteiger charge is 2.73. The van der Waals surface area contributed by atoms with Crippen LogP contribution in [0.4, 0.5) is 0 Å². The minimum absolute atomic E-state index is 0.000342. The minimum atomic E-state index is -0.657. The molecule has 2 bridgehead atoms. The van der Waals surface area contributed by atoms with Crippen LogP contribution in [0, 0.1) is 62.6 Å². The normalized spacial score (nSPS) is 41.7. The van der Waals surface area contributed by atoms with Crippen molar-refractivity contribution in [3.63, 3.8) is 0 Å². The van der Waals surface area contributed by atoms with Crippen molar-refractivity contribution < 1.29 is 24.2 Å². The zero-order valence-corrected chi connectivity index (χ0v) is 34.9. The molecule has 4 aliphatic carbocycles. The second kappa shape index (κ2) is 13.7. The van der Waals surface area contributed by atoms with Crippen LogP contribution in [0.15, 0.2) is 18.0 Å². The van der Waals surface area contributed by atoms with Crippen LogP contribution in [0.3, 0.4) is 0 Å². The lowest BCUT2D eigenvalue weighted by Gasteiger charge is -2.71. The van der Waals surface area contributed by atoms with Gasteiger partial charge in [0.05, 0.1) is 37.9 Å². The molecule has 4 fully saturated rings. The first-order valence-corrected chi connectivity index (χ1v) is 20.8. The fourth-order valence-electron chi connectivity index (χ4n) is 12.6. The molecule has 53 heavy (non-hydrogen) atoms. The maximum atomic E-state index is 13.8. The van der Waals surface area contributed by atoms with Crippen molar-refractivity contribution in [2.45, 2.75) is 152 Å². The average molecular weight is 738 g/mol. The number of aliphatic carboxylic acids is 1. The summed E-state index contributed by atoms with van der Waals surface area (Å²) in [6, 6.07) is -0.280. The highest BCUT2D eigenvalue weighted by Crippen LogP contribution is 2.75. The molecule has 0 unspecified atom stereocenters. The Balaban J connectivity index is 1.52. The maximum Gasteiger partial charge on any atom is 0.307 e. The maximum absolute atomic E-state index is 13.8. The van der Waals surface area contributed by atoms with Gasteiger partial charge < -0.3 is 25.6 Å². The number of hydrogen-bond donors (Lipinski definition) is 3. The number of nitrogens with two attached hydrogens (primary N) is 1. The van der Waals surface area contributed by atoms with Crippen LogP contribution < -0.4 is 11.1 Å². The molecule has 10 nitrogen and oxygen atoms in total. The molecule has 0 aromatic carbocycles. The van der Waals surface area contributed by atoms with E-state index in [0.29, 0.717) is 38.0 Å². The number of aromatic nitrogens is 3. The smallest absolute Gasteiger partial charge is 0.307 e. The molecule has 10 heteroatoms. The summed E-state index contributed by atoms with van der Waals surface area (Å²) in [5, 5.41) is 19.1. The highest BCUT2D eigenvalue weighted by atomic mass is 16.5. The van der Waals surface area contributed by atoms with Crippen molar-refractivity contribution in [1.29, 1.82) is 0 Å². The number of carbonyl (C=O) groups excluding carboxylic acids is 1. The molecule has 3 saturated carbocycles. The molecule has 0 spiro atoms. The summed E-state index contributed by atoms with van der Waals surface area (Å²) >= 11 is 0. The molecule has 1 aromatic rings. The SMILES string of the molecule is CC[C@H](C)NC(=O)c1ncnn1[C@@H]1C[C@]2(C)COC[C@@]3(C4=CC[C@@]5(C)[C@H](C(=O)O)[C@@](C)([C@H](C)C(C)C)CC[C@]5(C)[C@H]4CC[C@H]23)[C@H]1OC[C@](C)(N)C(C)C. The van der Waals surface area contributed by atoms with E-state index in [-0.39, 0.29) is 64.0 Å². The quantitative estimate of drug-likeness (QED) is 0.196. The predicted octanol–water partition coefficient (Wildman–Crippen LogP) is 7.69. The molecule has 0 radical (unpaired) electrons. The van der Waals surface area contributed by atoms with E-state index >= 15 is 0 Å². The number of hydrogen-bond acceptors (Lipinski definition) is 7. The third kappa shape index (κ3) is 5.96. The van der Waals surface area contributed by atoms with Crippen LogP contribution in [0.25, 0.3) is 0 Å². The van der Waals surface area contributed by atoms with Gasteiger partial charge in [0.1, 0.15) is 6.33 Å². The lowest BCUT2D eigenvalue weighted by atomic mass is 9.34. The number of rotatable bonds is 11. The van der Waals surface area contributed by atoms with Crippen LogP contribution in [0.2, 0.25) is 0 Å². The van der Waals surface area contributed by atoms with Gasteiger partial charge >= 0.3 is 5.97 Å². The molecular formula is C43H71N5O5. The van der Waals surface area contributed by atoms with Gasteiger partial charge in [-0.05, 0) is 110 Å². The number of allylic oxidation sites excluding steroid dienone is 1. The Bertz CT molecular complexity index is 1590. The van der Waals surface area contributed by atoms with Crippen molar-refractivity contribution >= 4 is 11.9 Å². The standard InChI is InChI=1S/C43H71N5O5/c1-13-27(6)47-36(49)35-45-24-46-48(35)31-20-38(8)21-52-23-43(34(31)53-22-42(12,44)26(4)5)30-16-17-41(11)33(37(50)51)39(9,28(7)25(2)3)18-19-40(41,10)29(30)14-15-32(38)43/h16,24-29,31-34H,13-15,17-23,44H2,1-12H3,(H,47,49)(H,50,51)/t27-,28+,29-,31+,32+,33+,34-,38+,39+,40+,41-,42-,43-/m0/s1. The number of ether oxygens (including phenoxy) is 2. The predicted molar refractivity (Wildman–Crippen MR) is 207 cm³/mol. The van der Waals surface area contributed by atoms with Crippen molar-refractivity contribution in [3.8, 4) is 0 Å². The van der Waals surface area contributed by atoms with Crippen LogP contribution in [-0.2, 0) is 14.3 Å². The summed E-state index contributed by atoms with van der Waals surface area (Å²) in [4.78, 5) is 31.9. The molecule has 4 N–H and O–H groups in total. The van der Waals surface area contributed by atoms with E-state index in [1.54, 1.807) is 0 Å². The summed E-state index contributed by atoms with van der Waals surface area (Å²) in [5.41, 5.74) is 6.07. The fourth-order valence-corrected chi connectivity index (χ4v) is 12.6. The molecule has 2 heterocycles. The Morgan fingerprint density at radius 1 is 1.09 bits per heavy atom. The average Bonchev–Trinajstić information content (AvgIpc) is 3.57. The van der Waals surface area contributed by atoms with Gasteiger partial charge in [-0.25, -0.2) is 9.67 Å². The van der Waals surface area contributed by atoms with Crippen molar-refractivity contribution in [2.24, 2.45) is 68.3 Å². The first kappa shape index (κ1) is 40.4. The van der Waals surface area contributed by atoms with Crippen LogP contribution in [0.1, 0.15) is 145 Å². The number of carbonyl (C=O) groups is 2. The third-order valence-corrected chi connectivity index (χ3v) is 17.0. The zero-order valence-electron chi connectivity index (χ0n) is 34.9. The van der Waals surface area contributed by atoms with Gasteiger partial charge in [0.15, 0.2) is 0 Å². The largest absolute Gasteiger partial charge is 0.481 e. The van der Waals surface area contributed by atoms with Crippen LogP contribution in [-0.4, -0.2) is 69.3 Å². The first-order chi connectivity index (χ1) is 24.6. The Hall–Kier alpha value is -2.30. The molecule has 298 valence electrons. The van der Waals surface area contributed by atoms with Gasteiger partial charge in [-0.3, -0.25) is 9.59 Å². The minimum Gasteiger partial charge on any atom is -0.481 e.